The maximum Gasteiger partial charge on any atom is 0.410 e. The maximum absolute atomic E-state index is 12.4. The van der Waals surface area contributed by atoms with E-state index in [4.69, 9.17) is 9.47 Å². The van der Waals surface area contributed by atoms with Crippen LogP contribution < -0.4 is 9.64 Å². The van der Waals surface area contributed by atoms with Crippen molar-refractivity contribution in [3.05, 3.63) is 72.8 Å². The van der Waals surface area contributed by atoms with E-state index in [1.807, 2.05) is 54.6 Å². The topological polar surface area (TPSA) is 67.8 Å². The summed E-state index contributed by atoms with van der Waals surface area (Å²) in [6, 6.07) is 17.4. The molecule has 1 saturated heterocycles. The van der Waals surface area contributed by atoms with Crippen molar-refractivity contribution >= 4 is 22.9 Å². The zero-order valence-electron chi connectivity index (χ0n) is 16.7. The molecule has 1 aromatic heterocycles. The Kier molecular flexibility index (Phi) is 6.08. The summed E-state index contributed by atoms with van der Waals surface area (Å²) in [6.45, 7) is 6.70. The highest BCUT2D eigenvalue weighted by molar-refractivity contribution is 5.84. The number of fused-ring (bicyclic) bond motifs is 1. The second-order valence-corrected chi connectivity index (χ2v) is 6.96. The van der Waals surface area contributed by atoms with Crippen LogP contribution in [0.2, 0.25) is 0 Å². The minimum atomic E-state index is -0.298. The molecule has 4 rings (SSSR count). The molecule has 3 aromatic rings. The third kappa shape index (κ3) is 4.51. The summed E-state index contributed by atoms with van der Waals surface area (Å²) in [5.74, 6) is 1.14. The van der Waals surface area contributed by atoms with Crippen LogP contribution in [0, 0.1) is 0 Å². The van der Waals surface area contributed by atoms with Crippen molar-refractivity contribution in [3.8, 4) is 5.88 Å². The number of hydrogen-bond acceptors (Lipinski definition) is 6. The molecule has 0 atom stereocenters. The number of carbonyl (C=O) groups excluding carboxylic acids is 1. The lowest BCUT2D eigenvalue weighted by Crippen LogP contribution is -2.49. The lowest BCUT2D eigenvalue weighted by Gasteiger charge is -2.34. The van der Waals surface area contributed by atoms with Crippen molar-refractivity contribution in [3.63, 3.8) is 0 Å². The summed E-state index contributed by atoms with van der Waals surface area (Å²) in [7, 11) is 0. The van der Waals surface area contributed by atoms with Crippen molar-refractivity contribution in [1.29, 1.82) is 0 Å². The third-order valence-corrected chi connectivity index (χ3v) is 4.92. The van der Waals surface area contributed by atoms with Crippen LogP contribution in [0.3, 0.4) is 0 Å². The van der Waals surface area contributed by atoms with Crippen LogP contribution in [-0.4, -0.2) is 53.7 Å². The first-order valence-electron chi connectivity index (χ1n) is 9.95. The third-order valence-electron chi connectivity index (χ3n) is 4.92. The molecule has 1 amide bonds. The van der Waals surface area contributed by atoms with E-state index in [-0.39, 0.29) is 12.7 Å². The smallest absolute Gasteiger partial charge is 0.410 e. The maximum atomic E-state index is 12.4. The Morgan fingerprint density at radius 2 is 1.73 bits per heavy atom. The second kappa shape index (κ2) is 9.26. The van der Waals surface area contributed by atoms with Crippen molar-refractivity contribution in [1.82, 2.24) is 14.9 Å². The lowest BCUT2D eigenvalue weighted by atomic mass is 10.2. The monoisotopic (exact) mass is 404 g/mol. The van der Waals surface area contributed by atoms with Crippen LogP contribution in [0.25, 0.3) is 10.9 Å². The number of carbonyl (C=O) groups is 1. The standard InChI is InChI=1S/C23H24N4O3/c1-2-16-29-21-19-10-6-7-11-20(19)24-22(25-21)26-12-14-27(15-13-26)23(28)30-17-18-8-4-3-5-9-18/h2-11H,1,12-17H2. The second-order valence-electron chi connectivity index (χ2n) is 6.96. The number of aromatic nitrogens is 2. The van der Waals surface area contributed by atoms with Gasteiger partial charge in [0.15, 0.2) is 0 Å². The molecule has 0 bridgehead atoms. The van der Waals surface area contributed by atoms with Gasteiger partial charge in [-0.15, -0.1) is 0 Å². The fraction of sp³-hybridized carbons (Fsp3) is 0.261. The van der Waals surface area contributed by atoms with Gasteiger partial charge in [0.25, 0.3) is 0 Å². The number of benzene rings is 2. The molecule has 7 heteroatoms. The molecule has 30 heavy (non-hydrogen) atoms. The number of ether oxygens (including phenoxy) is 2. The number of rotatable bonds is 6. The summed E-state index contributed by atoms with van der Waals surface area (Å²) in [4.78, 5) is 25.5. The molecule has 7 nitrogen and oxygen atoms in total. The van der Waals surface area contributed by atoms with Crippen LogP contribution in [0.4, 0.5) is 10.7 Å². The Hall–Kier alpha value is -3.61. The van der Waals surface area contributed by atoms with Gasteiger partial charge in [-0.25, -0.2) is 9.78 Å². The van der Waals surface area contributed by atoms with Gasteiger partial charge in [0.05, 0.1) is 10.9 Å². The summed E-state index contributed by atoms with van der Waals surface area (Å²) >= 11 is 0. The molecule has 0 radical (unpaired) electrons. The van der Waals surface area contributed by atoms with Crippen LogP contribution in [0.15, 0.2) is 67.3 Å². The van der Waals surface area contributed by atoms with Crippen LogP contribution in [-0.2, 0) is 11.3 Å². The minimum absolute atomic E-state index is 0.275. The normalized spacial score (nSPS) is 13.9. The Morgan fingerprint density at radius 3 is 2.50 bits per heavy atom. The molecule has 0 N–H and O–H groups in total. The van der Waals surface area contributed by atoms with Crippen LogP contribution >= 0.6 is 0 Å². The van der Waals surface area contributed by atoms with E-state index in [2.05, 4.69) is 21.4 Å². The van der Waals surface area contributed by atoms with Crippen LogP contribution in [0.1, 0.15) is 5.56 Å². The van der Waals surface area contributed by atoms with Gasteiger partial charge in [0, 0.05) is 26.2 Å². The summed E-state index contributed by atoms with van der Waals surface area (Å²) in [5.41, 5.74) is 1.80. The van der Waals surface area contributed by atoms with Gasteiger partial charge in [-0.1, -0.05) is 55.1 Å². The van der Waals surface area contributed by atoms with Crippen molar-refractivity contribution < 1.29 is 14.3 Å². The quantitative estimate of drug-likeness (QED) is 0.584. The average molecular weight is 404 g/mol. The molecule has 0 saturated carbocycles. The molecule has 154 valence electrons. The SMILES string of the molecule is C=CCOc1nc(N2CCN(C(=O)OCc3ccccc3)CC2)nc2ccccc12. The number of nitrogens with zero attached hydrogens (tertiary/aromatic N) is 4. The summed E-state index contributed by atoms with van der Waals surface area (Å²) in [6.07, 6.45) is 1.39. The highest BCUT2D eigenvalue weighted by Crippen LogP contribution is 2.26. The molecule has 0 spiro atoms. The highest BCUT2D eigenvalue weighted by Gasteiger charge is 2.24. The number of hydrogen-bond donors (Lipinski definition) is 0. The van der Waals surface area contributed by atoms with Crippen LogP contribution in [0.5, 0.6) is 5.88 Å². The van der Waals surface area contributed by atoms with E-state index in [0.717, 1.165) is 16.5 Å². The predicted molar refractivity (Wildman–Crippen MR) is 116 cm³/mol. The molecule has 2 aromatic carbocycles. The first-order valence-corrected chi connectivity index (χ1v) is 9.95. The van der Waals surface area contributed by atoms with Gasteiger partial charge in [-0.3, -0.25) is 0 Å². The first-order chi connectivity index (χ1) is 14.7. The van der Waals surface area contributed by atoms with Gasteiger partial charge in [0.2, 0.25) is 11.8 Å². The van der Waals surface area contributed by atoms with Gasteiger partial charge >= 0.3 is 6.09 Å². The lowest BCUT2D eigenvalue weighted by molar-refractivity contribution is 0.0940. The molecule has 1 aliphatic rings. The molecular weight excluding hydrogens is 380 g/mol. The van der Waals surface area contributed by atoms with Gasteiger partial charge in [-0.2, -0.15) is 4.98 Å². The summed E-state index contributed by atoms with van der Waals surface area (Å²) < 4.78 is 11.2. The number of anilines is 1. The number of piperazine rings is 1. The molecule has 1 fully saturated rings. The first kappa shape index (κ1) is 19.7. The molecule has 1 aliphatic heterocycles. The van der Waals surface area contributed by atoms with E-state index in [9.17, 15) is 4.79 Å². The van der Waals surface area contributed by atoms with Gasteiger partial charge in [-0.05, 0) is 17.7 Å². The minimum Gasteiger partial charge on any atom is -0.473 e. The van der Waals surface area contributed by atoms with E-state index in [1.165, 1.54) is 0 Å². The molecule has 0 aliphatic carbocycles. The zero-order valence-corrected chi connectivity index (χ0v) is 16.7. The van der Waals surface area contributed by atoms with Crippen molar-refractivity contribution in [2.45, 2.75) is 6.61 Å². The van der Waals surface area contributed by atoms with E-state index < -0.39 is 0 Å². The van der Waals surface area contributed by atoms with Crippen molar-refractivity contribution in [2.24, 2.45) is 0 Å². The average Bonchev–Trinajstić information content (AvgIpc) is 2.81. The highest BCUT2D eigenvalue weighted by atomic mass is 16.6. The predicted octanol–water partition coefficient (Wildman–Crippen LogP) is 3.65. The Morgan fingerprint density at radius 1 is 1.00 bits per heavy atom. The van der Waals surface area contributed by atoms with Gasteiger partial charge in [0.1, 0.15) is 13.2 Å². The van der Waals surface area contributed by atoms with Gasteiger partial charge < -0.3 is 19.3 Å². The Bertz CT molecular complexity index is 1020. The fourth-order valence-electron chi connectivity index (χ4n) is 3.32. The van der Waals surface area contributed by atoms with E-state index in [1.54, 1.807) is 11.0 Å². The Balaban J connectivity index is 1.40. The number of amides is 1. The fourth-order valence-corrected chi connectivity index (χ4v) is 3.32. The Labute approximate surface area is 175 Å². The van der Waals surface area contributed by atoms with Crippen molar-refractivity contribution in [2.75, 3.05) is 37.7 Å². The van der Waals surface area contributed by atoms with E-state index in [0.29, 0.717) is 44.6 Å². The summed E-state index contributed by atoms with van der Waals surface area (Å²) in [5, 5.41) is 0.867. The zero-order chi connectivity index (χ0) is 20.8. The molecule has 0 unspecified atom stereocenters. The molecular formula is C23H24N4O3. The molecule has 2 heterocycles. The largest absolute Gasteiger partial charge is 0.473 e. The number of para-hydroxylation sites is 1. The van der Waals surface area contributed by atoms with E-state index >= 15 is 0 Å².